The maximum atomic E-state index is 5.30. The van der Waals surface area contributed by atoms with Crippen LogP contribution in [-0.2, 0) is 6.54 Å². The molecule has 108 valence electrons. The van der Waals surface area contributed by atoms with E-state index < -0.39 is 0 Å². The van der Waals surface area contributed by atoms with Crippen LogP contribution in [0.3, 0.4) is 0 Å². The lowest BCUT2D eigenvalue weighted by atomic mass is 10.1. The van der Waals surface area contributed by atoms with Gasteiger partial charge in [0.05, 0.1) is 12.8 Å². The fraction of sp³-hybridized carbons (Fsp3) is 0.643. The third kappa shape index (κ3) is 4.34. The minimum atomic E-state index is 0. The summed E-state index contributed by atoms with van der Waals surface area (Å²) >= 11 is 0. The Bertz CT molecular complexity index is 414. The number of ether oxygens (including phenoxy) is 1. The van der Waals surface area contributed by atoms with Crippen LogP contribution in [0.1, 0.15) is 25.2 Å². The van der Waals surface area contributed by atoms with E-state index >= 15 is 0 Å². The van der Waals surface area contributed by atoms with Crippen molar-refractivity contribution in [2.75, 3.05) is 20.2 Å². The first kappa shape index (κ1) is 16.2. The van der Waals surface area contributed by atoms with E-state index in [2.05, 4.69) is 29.0 Å². The van der Waals surface area contributed by atoms with Crippen molar-refractivity contribution in [3.63, 3.8) is 0 Å². The first-order valence-corrected chi connectivity index (χ1v) is 6.57. The van der Waals surface area contributed by atoms with E-state index in [1.54, 1.807) is 7.11 Å². The van der Waals surface area contributed by atoms with Gasteiger partial charge in [-0.3, -0.25) is 9.88 Å². The fourth-order valence-electron chi connectivity index (χ4n) is 2.43. The highest BCUT2D eigenvalue weighted by molar-refractivity contribution is 5.85. The van der Waals surface area contributed by atoms with Crippen molar-refractivity contribution in [2.45, 2.75) is 39.4 Å². The SMILES string of the molecule is COc1cc(C)nc(CN2CC(C)NCC2C)c1.Cl. The number of piperazine rings is 1. The zero-order chi connectivity index (χ0) is 13.1. The highest BCUT2D eigenvalue weighted by Crippen LogP contribution is 2.17. The Hall–Kier alpha value is -0.840. The third-order valence-corrected chi connectivity index (χ3v) is 3.47. The molecule has 0 spiro atoms. The molecule has 0 aromatic carbocycles. The number of nitrogens with zero attached hydrogens (tertiary/aromatic N) is 2. The van der Waals surface area contributed by atoms with E-state index in [0.29, 0.717) is 12.1 Å². The summed E-state index contributed by atoms with van der Waals surface area (Å²) in [6.45, 7) is 9.50. The monoisotopic (exact) mass is 285 g/mol. The van der Waals surface area contributed by atoms with Crippen LogP contribution in [0, 0.1) is 6.92 Å². The van der Waals surface area contributed by atoms with Gasteiger partial charge in [0.1, 0.15) is 5.75 Å². The number of rotatable bonds is 3. The molecule has 0 aliphatic carbocycles. The van der Waals surface area contributed by atoms with Crippen LogP contribution in [0.15, 0.2) is 12.1 Å². The van der Waals surface area contributed by atoms with Gasteiger partial charge in [-0.15, -0.1) is 12.4 Å². The predicted octanol–water partition coefficient (Wildman–Crippen LogP) is 2.00. The molecule has 2 atom stereocenters. The number of methoxy groups -OCH3 is 1. The summed E-state index contributed by atoms with van der Waals surface area (Å²) in [5.74, 6) is 0.897. The molecule has 2 heterocycles. The van der Waals surface area contributed by atoms with Crippen LogP contribution >= 0.6 is 12.4 Å². The third-order valence-electron chi connectivity index (χ3n) is 3.47. The summed E-state index contributed by atoms with van der Waals surface area (Å²) in [5, 5.41) is 3.49. The average Bonchev–Trinajstić information content (AvgIpc) is 2.33. The van der Waals surface area contributed by atoms with Gasteiger partial charge in [0.25, 0.3) is 0 Å². The summed E-state index contributed by atoms with van der Waals surface area (Å²) < 4.78 is 5.30. The van der Waals surface area contributed by atoms with Crippen molar-refractivity contribution in [1.29, 1.82) is 0 Å². The fourth-order valence-corrected chi connectivity index (χ4v) is 2.43. The zero-order valence-corrected chi connectivity index (χ0v) is 13.0. The Morgan fingerprint density at radius 3 is 2.84 bits per heavy atom. The highest BCUT2D eigenvalue weighted by atomic mass is 35.5. The minimum absolute atomic E-state index is 0. The molecule has 1 aliphatic heterocycles. The van der Waals surface area contributed by atoms with Gasteiger partial charge in [-0.05, 0) is 20.8 Å². The lowest BCUT2D eigenvalue weighted by molar-refractivity contribution is 0.137. The molecule has 4 nitrogen and oxygen atoms in total. The Morgan fingerprint density at radius 1 is 1.42 bits per heavy atom. The number of aryl methyl sites for hydroxylation is 1. The Kier molecular flexibility index (Phi) is 6.04. The van der Waals surface area contributed by atoms with Gasteiger partial charge < -0.3 is 10.1 Å². The second-order valence-corrected chi connectivity index (χ2v) is 5.23. The van der Waals surface area contributed by atoms with Gasteiger partial charge in [0.15, 0.2) is 0 Å². The summed E-state index contributed by atoms with van der Waals surface area (Å²) in [5.41, 5.74) is 2.10. The molecule has 0 saturated carbocycles. The number of nitrogens with one attached hydrogen (secondary N) is 1. The predicted molar refractivity (Wildman–Crippen MR) is 80.1 cm³/mol. The lowest BCUT2D eigenvalue weighted by Gasteiger charge is -2.37. The molecule has 1 saturated heterocycles. The molecule has 5 heteroatoms. The molecule has 19 heavy (non-hydrogen) atoms. The van der Waals surface area contributed by atoms with Gasteiger partial charge in [-0.25, -0.2) is 0 Å². The van der Waals surface area contributed by atoms with Crippen molar-refractivity contribution in [1.82, 2.24) is 15.2 Å². The molecular formula is C14H24ClN3O. The minimum Gasteiger partial charge on any atom is -0.497 e. The summed E-state index contributed by atoms with van der Waals surface area (Å²) in [7, 11) is 1.70. The molecule has 1 aliphatic rings. The smallest absolute Gasteiger partial charge is 0.122 e. The molecule has 1 fully saturated rings. The van der Waals surface area contributed by atoms with Gasteiger partial charge in [-0.2, -0.15) is 0 Å². The van der Waals surface area contributed by atoms with Crippen LogP contribution in [0.4, 0.5) is 0 Å². The number of pyridine rings is 1. The number of aromatic nitrogens is 1. The first-order chi connectivity index (χ1) is 8.58. The second-order valence-electron chi connectivity index (χ2n) is 5.23. The first-order valence-electron chi connectivity index (χ1n) is 6.57. The second kappa shape index (κ2) is 7.08. The Labute approximate surface area is 122 Å². The van der Waals surface area contributed by atoms with Crippen LogP contribution in [-0.4, -0.2) is 42.2 Å². The molecular weight excluding hydrogens is 262 g/mol. The molecule has 1 aromatic rings. The van der Waals surface area contributed by atoms with Crippen LogP contribution < -0.4 is 10.1 Å². The van der Waals surface area contributed by atoms with Gasteiger partial charge in [0, 0.05) is 49.5 Å². The zero-order valence-electron chi connectivity index (χ0n) is 12.1. The Balaban J connectivity index is 0.00000180. The van der Waals surface area contributed by atoms with Crippen molar-refractivity contribution in [3.8, 4) is 5.75 Å². The van der Waals surface area contributed by atoms with Crippen molar-refractivity contribution in [3.05, 3.63) is 23.5 Å². The lowest BCUT2D eigenvalue weighted by Crippen LogP contribution is -2.53. The number of hydrogen-bond acceptors (Lipinski definition) is 4. The van der Waals surface area contributed by atoms with E-state index in [0.717, 1.165) is 36.8 Å². The number of hydrogen-bond donors (Lipinski definition) is 1. The molecule has 2 rings (SSSR count). The summed E-state index contributed by atoms with van der Waals surface area (Å²) in [6, 6.07) is 5.10. The van der Waals surface area contributed by atoms with Crippen molar-refractivity contribution >= 4 is 12.4 Å². The van der Waals surface area contributed by atoms with Crippen molar-refractivity contribution in [2.24, 2.45) is 0 Å². The molecule has 2 unspecified atom stereocenters. The highest BCUT2D eigenvalue weighted by Gasteiger charge is 2.22. The van der Waals surface area contributed by atoms with Gasteiger partial charge >= 0.3 is 0 Å². The van der Waals surface area contributed by atoms with E-state index in [1.807, 2.05) is 19.1 Å². The quantitative estimate of drug-likeness (QED) is 0.922. The van der Waals surface area contributed by atoms with E-state index in [1.165, 1.54) is 0 Å². The van der Waals surface area contributed by atoms with Crippen molar-refractivity contribution < 1.29 is 4.74 Å². The molecule has 1 N–H and O–H groups in total. The Morgan fingerprint density at radius 2 is 2.16 bits per heavy atom. The standard InChI is InChI=1S/C14H23N3O.ClH/c1-10-5-14(18-4)6-13(16-10)9-17-8-11(2)15-7-12(17)3;/h5-6,11-12,15H,7-9H2,1-4H3;1H. The topological polar surface area (TPSA) is 37.4 Å². The molecule has 0 radical (unpaired) electrons. The van der Waals surface area contributed by atoms with E-state index in [-0.39, 0.29) is 12.4 Å². The van der Waals surface area contributed by atoms with Gasteiger partial charge in [-0.1, -0.05) is 0 Å². The largest absolute Gasteiger partial charge is 0.497 e. The van der Waals surface area contributed by atoms with E-state index in [4.69, 9.17) is 4.74 Å². The molecule has 0 amide bonds. The van der Waals surface area contributed by atoms with Crippen LogP contribution in [0.5, 0.6) is 5.75 Å². The normalized spacial score (nSPS) is 23.8. The van der Waals surface area contributed by atoms with Crippen LogP contribution in [0.2, 0.25) is 0 Å². The van der Waals surface area contributed by atoms with Crippen LogP contribution in [0.25, 0.3) is 0 Å². The number of halogens is 1. The molecule has 1 aromatic heterocycles. The van der Waals surface area contributed by atoms with Gasteiger partial charge in [0.2, 0.25) is 0 Å². The maximum absolute atomic E-state index is 5.30. The average molecular weight is 286 g/mol. The maximum Gasteiger partial charge on any atom is 0.122 e. The molecule has 0 bridgehead atoms. The summed E-state index contributed by atoms with van der Waals surface area (Å²) in [4.78, 5) is 7.07. The van der Waals surface area contributed by atoms with E-state index in [9.17, 15) is 0 Å². The summed E-state index contributed by atoms with van der Waals surface area (Å²) in [6.07, 6.45) is 0.